The molecule has 1 unspecified atom stereocenters. The highest BCUT2D eigenvalue weighted by Crippen LogP contribution is 2.14. The summed E-state index contributed by atoms with van der Waals surface area (Å²) < 4.78 is 16.0. The van der Waals surface area contributed by atoms with E-state index in [2.05, 4.69) is 10.6 Å². The zero-order valence-corrected chi connectivity index (χ0v) is 21.1. The van der Waals surface area contributed by atoms with Gasteiger partial charge in [-0.15, -0.1) is 0 Å². The molecule has 0 aliphatic carbocycles. The third kappa shape index (κ3) is 8.31. The molecule has 2 amide bonds. The summed E-state index contributed by atoms with van der Waals surface area (Å²) in [7, 11) is 0. The molecule has 3 rings (SSSR count). The molecule has 1 atom stereocenters. The van der Waals surface area contributed by atoms with Gasteiger partial charge in [0.25, 0.3) is 5.91 Å². The van der Waals surface area contributed by atoms with Gasteiger partial charge in [-0.3, -0.25) is 19.7 Å². The highest BCUT2D eigenvalue weighted by Gasteiger charge is 2.34. The summed E-state index contributed by atoms with van der Waals surface area (Å²) in [5.74, 6) is -0.657. The van der Waals surface area contributed by atoms with Gasteiger partial charge >= 0.3 is 5.97 Å². The fraction of sp³-hybridized carbons (Fsp3) is 0.385. The van der Waals surface area contributed by atoms with Crippen LogP contribution in [0.2, 0.25) is 0 Å². The molecule has 1 heterocycles. The van der Waals surface area contributed by atoms with Crippen molar-refractivity contribution >= 4 is 35.1 Å². The molecule has 0 spiro atoms. The highest BCUT2D eigenvalue weighted by atomic mass is 32.1. The number of carbonyl (C=O) groups excluding carboxylic acids is 3. The van der Waals surface area contributed by atoms with Crippen LogP contribution < -0.4 is 15.4 Å². The van der Waals surface area contributed by atoms with Crippen LogP contribution in [0.15, 0.2) is 54.6 Å². The van der Waals surface area contributed by atoms with Crippen LogP contribution in [0, 0.1) is 0 Å². The van der Waals surface area contributed by atoms with E-state index in [1.54, 1.807) is 24.3 Å². The summed E-state index contributed by atoms with van der Waals surface area (Å²) in [5.41, 5.74) is 1.58. The monoisotopic (exact) mass is 513 g/mol. The van der Waals surface area contributed by atoms with Crippen LogP contribution in [0.3, 0.4) is 0 Å². The first kappa shape index (κ1) is 27.1. The standard InChI is InChI=1S/C26H31N3O6S/c1-2-33-16-17-35-23(30)18-22-25(32)27-13-14-29(22)26(36)28-24(31)20-8-10-21(11-9-20)34-15-12-19-6-4-3-5-7-19/h3-11,22H,2,12-18H2,1H3,(H,27,32)(H,28,31,36). The number of piperazine rings is 1. The second-order valence-corrected chi connectivity index (χ2v) is 8.38. The summed E-state index contributed by atoms with van der Waals surface area (Å²) in [5, 5.41) is 5.45. The molecule has 0 radical (unpaired) electrons. The first-order valence-electron chi connectivity index (χ1n) is 11.9. The summed E-state index contributed by atoms with van der Waals surface area (Å²) >= 11 is 5.40. The molecular formula is C26H31N3O6S. The number of hydrogen-bond acceptors (Lipinski definition) is 7. The largest absolute Gasteiger partial charge is 0.493 e. The van der Waals surface area contributed by atoms with Gasteiger partial charge in [-0.2, -0.15) is 0 Å². The van der Waals surface area contributed by atoms with Crippen LogP contribution in [-0.4, -0.2) is 73.4 Å². The number of hydrogen-bond donors (Lipinski definition) is 2. The zero-order chi connectivity index (χ0) is 25.8. The van der Waals surface area contributed by atoms with Crippen LogP contribution >= 0.6 is 12.2 Å². The predicted molar refractivity (Wildman–Crippen MR) is 138 cm³/mol. The maximum atomic E-state index is 12.7. The number of benzene rings is 2. The van der Waals surface area contributed by atoms with Crippen LogP contribution in [0.5, 0.6) is 5.75 Å². The molecule has 0 saturated carbocycles. The van der Waals surface area contributed by atoms with E-state index >= 15 is 0 Å². The molecule has 1 fully saturated rings. The molecule has 2 aromatic carbocycles. The third-order valence-corrected chi connectivity index (χ3v) is 5.82. The maximum absolute atomic E-state index is 12.7. The Morgan fingerprint density at radius 3 is 2.56 bits per heavy atom. The number of rotatable bonds is 11. The van der Waals surface area contributed by atoms with Crippen LogP contribution in [0.25, 0.3) is 0 Å². The van der Waals surface area contributed by atoms with Crippen molar-refractivity contribution in [3.63, 3.8) is 0 Å². The van der Waals surface area contributed by atoms with Crippen molar-refractivity contribution in [2.24, 2.45) is 0 Å². The lowest BCUT2D eigenvalue weighted by molar-refractivity contribution is -0.148. The minimum Gasteiger partial charge on any atom is -0.493 e. The van der Waals surface area contributed by atoms with Gasteiger partial charge in [-0.1, -0.05) is 30.3 Å². The van der Waals surface area contributed by atoms with E-state index in [4.69, 9.17) is 26.4 Å². The van der Waals surface area contributed by atoms with E-state index in [0.29, 0.717) is 37.6 Å². The third-order valence-electron chi connectivity index (χ3n) is 5.49. The summed E-state index contributed by atoms with van der Waals surface area (Å²) in [6.45, 7) is 3.98. The van der Waals surface area contributed by atoms with Gasteiger partial charge in [0.15, 0.2) is 5.11 Å². The molecule has 0 bridgehead atoms. The molecule has 0 aromatic heterocycles. The Hall–Kier alpha value is -3.50. The Kier molecular flexibility index (Phi) is 10.7. The maximum Gasteiger partial charge on any atom is 0.308 e. The number of carbonyl (C=O) groups is 3. The van der Waals surface area contributed by atoms with Crippen molar-refractivity contribution in [3.05, 3.63) is 65.7 Å². The Morgan fingerprint density at radius 1 is 1.08 bits per heavy atom. The van der Waals surface area contributed by atoms with E-state index in [9.17, 15) is 14.4 Å². The van der Waals surface area contributed by atoms with Crippen molar-refractivity contribution < 1.29 is 28.6 Å². The molecule has 1 aliphatic heterocycles. The van der Waals surface area contributed by atoms with Crippen LogP contribution in [0.4, 0.5) is 0 Å². The fourth-order valence-electron chi connectivity index (χ4n) is 3.61. The highest BCUT2D eigenvalue weighted by molar-refractivity contribution is 7.80. The van der Waals surface area contributed by atoms with E-state index in [-0.39, 0.29) is 30.7 Å². The van der Waals surface area contributed by atoms with Gasteiger partial charge in [0.1, 0.15) is 18.4 Å². The van der Waals surface area contributed by atoms with Gasteiger partial charge in [-0.05, 0) is 49.0 Å². The topological polar surface area (TPSA) is 106 Å². The molecule has 1 aliphatic rings. The van der Waals surface area contributed by atoms with Crippen molar-refractivity contribution in [3.8, 4) is 5.75 Å². The molecule has 2 aromatic rings. The molecule has 9 nitrogen and oxygen atoms in total. The Balaban J connectivity index is 1.50. The number of nitrogens with zero attached hydrogens (tertiary/aromatic N) is 1. The second kappa shape index (κ2) is 14.2. The molecule has 36 heavy (non-hydrogen) atoms. The molecule has 10 heteroatoms. The van der Waals surface area contributed by atoms with E-state index in [0.717, 1.165) is 6.42 Å². The predicted octanol–water partition coefficient (Wildman–Crippen LogP) is 2.09. The van der Waals surface area contributed by atoms with Gasteiger partial charge in [-0.25, -0.2) is 0 Å². The van der Waals surface area contributed by atoms with Crippen LogP contribution in [0.1, 0.15) is 29.3 Å². The average molecular weight is 514 g/mol. The number of nitrogens with one attached hydrogen (secondary N) is 2. The zero-order valence-electron chi connectivity index (χ0n) is 20.2. The summed E-state index contributed by atoms with van der Waals surface area (Å²) in [6.07, 6.45) is 0.588. The van der Waals surface area contributed by atoms with Gasteiger partial charge in [0.05, 0.1) is 19.6 Å². The Morgan fingerprint density at radius 2 is 1.83 bits per heavy atom. The van der Waals surface area contributed by atoms with Crippen molar-refractivity contribution in [2.75, 3.05) is 39.5 Å². The van der Waals surface area contributed by atoms with Gasteiger partial charge in [0, 0.05) is 31.7 Å². The Labute approximate surface area is 216 Å². The van der Waals surface area contributed by atoms with Crippen LogP contribution in [-0.2, 0) is 25.5 Å². The lowest BCUT2D eigenvalue weighted by Gasteiger charge is -2.36. The quantitative estimate of drug-likeness (QED) is 0.267. The lowest BCUT2D eigenvalue weighted by Crippen LogP contribution is -2.60. The van der Waals surface area contributed by atoms with Crippen molar-refractivity contribution in [1.29, 1.82) is 0 Å². The Bertz CT molecular complexity index is 1030. The van der Waals surface area contributed by atoms with E-state index < -0.39 is 17.9 Å². The normalized spacial score (nSPS) is 15.1. The minimum atomic E-state index is -0.869. The van der Waals surface area contributed by atoms with Gasteiger partial charge < -0.3 is 24.4 Å². The number of ether oxygens (including phenoxy) is 3. The molecule has 1 saturated heterocycles. The molecule has 192 valence electrons. The smallest absolute Gasteiger partial charge is 0.308 e. The van der Waals surface area contributed by atoms with E-state index in [1.165, 1.54) is 10.5 Å². The SMILES string of the molecule is CCOCCOC(=O)CC1C(=O)NCCN1C(=S)NC(=O)c1ccc(OCCc2ccccc2)cc1. The van der Waals surface area contributed by atoms with Crippen molar-refractivity contribution in [1.82, 2.24) is 15.5 Å². The first-order chi connectivity index (χ1) is 17.5. The lowest BCUT2D eigenvalue weighted by atomic mass is 10.1. The summed E-state index contributed by atoms with van der Waals surface area (Å²) in [6, 6.07) is 15.9. The summed E-state index contributed by atoms with van der Waals surface area (Å²) in [4.78, 5) is 38.9. The fourth-order valence-corrected chi connectivity index (χ4v) is 3.92. The second-order valence-electron chi connectivity index (χ2n) is 7.99. The molecular weight excluding hydrogens is 482 g/mol. The van der Waals surface area contributed by atoms with Gasteiger partial charge in [0.2, 0.25) is 5.91 Å². The first-order valence-corrected chi connectivity index (χ1v) is 12.3. The average Bonchev–Trinajstić information content (AvgIpc) is 2.89. The number of amides is 2. The molecule has 2 N–H and O–H groups in total. The van der Waals surface area contributed by atoms with E-state index in [1.807, 2.05) is 37.3 Å². The number of esters is 1. The van der Waals surface area contributed by atoms with Crippen molar-refractivity contribution in [2.45, 2.75) is 25.8 Å². The number of thiocarbonyl (C=S) groups is 1. The minimum absolute atomic E-state index is 0.0742.